The van der Waals surface area contributed by atoms with Gasteiger partial charge in [-0.1, -0.05) is 0 Å². The summed E-state index contributed by atoms with van der Waals surface area (Å²) in [7, 11) is 0. The van der Waals surface area contributed by atoms with Crippen LogP contribution < -0.4 is 16.0 Å². The van der Waals surface area contributed by atoms with Crippen molar-refractivity contribution in [3.05, 3.63) is 65.2 Å². The molecule has 3 rings (SSSR count). The summed E-state index contributed by atoms with van der Waals surface area (Å²) in [6, 6.07) is 10.0. The first-order valence-corrected chi connectivity index (χ1v) is 8.57. The molecule has 2 aromatic heterocycles. The smallest absolute Gasteiger partial charge is 0.291 e. The molecule has 0 saturated carbocycles. The number of thiophene rings is 1. The summed E-state index contributed by atoms with van der Waals surface area (Å²) in [5, 5.41) is 8.01. The van der Waals surface area contributed by atoms with Crippen molar-refractivity contribution in [2.24, 2.45) is 0 Å². The average Bonchev–Trinajstić information content (AvgIpc) is 3.29. The Bertz CT molecular complexity index is 998. The number of halogens is 1. The predicted molar refractivity (Wildman–Crippen MR) is 99.6 cm³/mol. The topological polar surface area (TPSA) is 100 Å². The van der Waals surface area contributed by atoms with E-state index in [9.17, 15) is 18.8 Å². The minimum atomic E-state index is -0.639. The van der Waals surface area contributed by atoms with E-state index >= 15 is 0 Å². The standard InChI is InChI=1S/C18H14FN3O4S/c1-10(23)20-11-4-5-12(19)13(9-11)21-18(25)15-6-7-16(27-15)22-17(24)14-3-2-8-26-14/h2-9H,1H3,(H,20,23)(H,21,25)(H,22,24). The van der Waals surface area contributed by atoms with Gasteiger partial charge in [-0.05, 0) is 42.5 Å². The molecular formula is C18H14FN3O4S. The summed E-state index contributed by atoms with van der Waals surface area (Å²) in [6.07, 6.45) is 1.38. The molecular weight excluding hydrogens is 373 g/mol. The van der Waals surface area contributed by atoms with Crippen molar-refractivity contribution in [3.63, 3.8) is 0 Å². The van der Waals surface area contributed by atoms with Crippen LogP contribution in [-0.2, 0) is 4.79 Å². The first-order valence-electron chi connectivity index (χ1n) is 7.75. The molecule has 0 radical (unpaired) electrons. The van der Waals surface area contributed by atoms with E-state index in [4.69, 9.17) is 4.42 Å². The highest BCUT2D eigenvalue weighted by molar-refractivity contribution is 7.18. The first-order chi connectivity index (χ1) is 12.9. The largest absolute Gasteiger partial charge is 0.459 e. The van der Waals surface area contributed by atoms with E-state index in [-0.39, 0.29) is 22.2 Å². The van der Waals surface area contributed by atoms with Gasteiger partial charge in [0.1, 0.15) is 5.82 Å². The zero-order valence-corrected chi connectivity index (χ0v) is 14.9. The zero-order valence-electron chi connectivity index (χ0n) is 14.0. The molecule has 27 heavy (non-hydrogen) atoms. The molecule has 3 amide bonds. The number of carbonyl (C=O) groups excluding carboxylic acids is 3. The Labute approximate surface area is 157 Å². The van der Waals surface area contributed by atoms with Crippen LogP contribution in [0.25, 0.3) is 0 Å². The van der Waals surface area contributed by atoms with Crippen molar-refractivity contribution in [2.45, 2.75) is 6.92 Å². The van der Waals surface area contributed by atoms with Gasteiger partial charge in [0.25, 0.3) is 11.8 Å². The molecule has 0 atom stereocenters. The van der Waals surface area contributed by atoms with Crippen LogP contribution >= 0.6 is 11.3 Å². The minimum absolute atomic E-state index is 0.0687. The molecule has 1 aromatic carbocycles. The Morgan fingerprint density at radius 3 is 2.52 bits per heavy atom. The molecule has 0 aliphatic rings. The first kappa shape index (κ1) is 18.3. The number of benzene rings is 1. The minimum Gasteiger partial charge on any atom is -0.459 e. The number of furan rings is 1. The monoisotopic (exact) mass is 387 g/mol. The predicted octanol–water partition coefficient (Wildman–Crippen LogP) is 3.94. The average molecular weight is 387 g/mol. The van der Waals surface area contributed by atoms with Crippen molar-refractivity contribution in [1.29, 1.82) is 0 Å². The second-order valence-corrected chi connectivity index (χ2v) is 6.51. The summed E-state index contributed by atoms with van der Waals surface area (Å²) in [6.45, 7) is 1.33. The van der Waals surface area contributed by atoms with Crippen LogP contribution in [0.3, 0.4) is 0 Å². The Hall–Kier alpha value is -3.46. The number of rotatable bonds is 5. The van der Waals surface area contributed by atoms with Gasteiger partial charge in [0, 0.05) is 12.6 Å². The molecule has 0 unspecified atom stereocenters. The second-order valence-electron chi connectivity index (χ2n) is 5.43. The fourth-order valence-corrected chi connectivity index (χ4v) is 2.99. The number of amides is 3. The van der Waals surface area contributed by atoms with Crippen LogP contribution in [0.15, 0.2) is 53.1 Å². The van der Waals surface area contributed by atoms with Crippen LogP contribution in [-0.4, -0.2) is 17.7 Å². The van der Waals surface area contributed by atoms with Crippen LogP contribution in [0, 0.1) is 5.82 Å². The van der Waals surface area contributed by atoms with E-state index in [1.54, 1.807) is 12.1 Å². The molecule has 0 bridgehead atoms. The number of carbonyl (C=O) groups is 3. The highest BCUT2D eigenvalue weighted by Crippen LogP contribution is 2.25. The van der Waals surface area contributed by atoms with Gasteiger partial charge in [-0.3, -0.25) is 14.4 Å². The van der Waals surface area contributed by atoms with Crippen molar-refractivity contribution in [1.82, 2.24) is 0 Å². The maximum absolute atomic E-state index is 13.9. The fraction of sp³-hybridized carbons (Fsp3) is 0.0556. The molecule has 2 heterocycles. The third-order valence-corrected chi connectivity index (χ3v) is 4.35. The lowest BCUT2D eigenvalue weighted by Gasteiger charge is -2.08. The van der Waals surface area contributed by atoms with Crippen molar-refractivity contribution >= 4 is 45.4 Å². The zero-order chi connectivity index (χ0) is 19.4. The molecule has 7 nitrogen and oxygen atoms in total. The maximum Gasteiger partial charge on any atom is 0.291 e. The Balaban J connectivity index is 1.69. The fourth-order valence-electron chi connectivity index (χ4n) is 2.19. The van der Waals surface area contributed by atoms with Gasteiger partial charge >= 0.3 is 0 Å². The molecule has 0 spiro atoms. The highest BCUT2D eigenvalue weighted by Gasteiger charge is 2.15. The maximum atomic E-state index is 13.9. The van der Waals surface area contributed by atoms with Crippen molar-refractivity contribution in [3.8, 4) is 0 Å². The third kappa shape index (κ3) is 4.59. The van der Waals surface area contributed by atoms with Gasteiger partial charge in [-0.2, -0.15) is 0 Å². The van der Waals surface area contributed by atoms with Gasteiger partial charge in [0.15, 0.2) is 5.76 Å². The van der Waals surface area contributed by atoms with Crippen molar-refractivity contribution < 1.29 is 23.2 Å². The molecule has 138 valence electrons. The van der Waals surface area contributed by atoms with Gasteiger partial charge in [0.2, 0.25) is 5.91 Å². The summed E-state index contributed by atoms with van der Waals surface area (Å²) >= 11 is 1.03. The number of anilines is 3. The van der Waals surface area contributed by atoms with Gasteiger partial charge < -0.3 is 20.4 Å². The van der Waals surface area contributed by atoms with E-state index < -0.39 is 17.6 Å². The van der Waals surface area contributed by atoms with E-state index in [0.717, 1.165) is 17.4 Å². The molecule has 3 N–H and O–H groups in total. The number of nitrogens with one attached hydrogen (secondary N) is 3. The Morgan fingerprint density at radius 1 is 1.00 bits per heavy atom. The summed E-state index contributed by atoms with van der Waals surface area (Å²) in [5.74, 6) is -1.79. The van der Waals surface area contributed by atoms with Gasteiger partial charge in [-0.15, -0.1) is 11.3 Å². The Morgan fingerprint density at radius 2 is 1.81 bits per heavy atom. The molecule has 3 aromatic rings. The summed E-state index contributed by atoms with van der Waals surface area (Å²) < 4.78 is 18.9. The lowest BCUT2D eigenvalue weighted by molar-refractivity contribution is -0.114. The van der Waals surface area contributed by atoms with Crippen LogP contribution in [0.2, 0.25) is 0 Å². The summed E-state index contributed by atoms with van der Waals surface area (Å²) in [5.41, 5.74) is 0.289. The van der Waals surface area contributed by atoms with E-state index in [1.165, 1.54) is 37.5 Å². The molecule has 0 aliphatic heterocycles. The normalized spacial score (nSPS) is 10.3. The lowest BCUT2D eigenvalue weighted by Crippen LogP contribution is -2.13. The highest BCUT2D eigenvalue weighted by atomic mass is 32.1. The molecule has 0 saturated heterocycles. The van der Waals surface area contributed by atoms with Crippen LogP contribution in [0.1, 0.15) is 27.2 Å². The number of hydrogen-bond donors (Lipinski definition) is 3. The van der Waals surface area contributed by atoms with Gasteiger partial charge in [0.05, 0.1) is 21.8 Å². The lowest BCUT2D eigenvalue weighted by atomic mass is 10.2. The van der Waals surface area contributed by atoms with E-state index in [0.29, 0.717) is 10.7 Å². The van der Waals surface area contributed by atoms with Crippen LogP contribution in [0.4, 0.5) is 20.8 Å². The second kappa shape index (κ2) is 7.83. The van der Waals surface area contributed by atoms with E-state index in [1.807, 2.05) is 0 Å². The number of hydrogen-bond acceptors (Lipinski definition) is 5. The molecule has 0 fully saturated rings. The van der Waals surface area contributed by atoms with Crippen molar-refractivity contribution in [2.75, 3.05) is 16.0 Å². The van der Waals surface area contributed by atoms with Crippen LogP contribution in [0.5, 0.6) is 0 Å². The molecule has 9 heteroatoms. The quantitative estimate of drug-likeness (QED) is 0.617. The SMILES string of the molecule is CC(=O)Nc1ccc(F)c(NC(=O)c2ccc(NC(=O)c3ccco3)s2)c1. The van der Waals surface area contributed by atoms with Gasteiger partial charge in [-0.25, -0.2) is 4.39 Å². The third-order valence-electron chi connectivity index (χ3n) is 3.35. The molecule has 0 aliphatic carbocycles. The van der Waals surface area contributed by atoms with E-state index in [2.05, 4.69) is 16.0 Å². The summed E-state index contributed by atoms with van der Waals surface area (Å²) in [4.78, 5) is 35.6. The Kier molecular flexibility index (Phi) is 5.32.